The highest BCUT2D eigenvalue weighted by Gasteiger charge is 2.10. The third-order valence-electron chi connectivity index (χ3n) is 3.32. The molecule has 0 saturated carbocycles. The van der Waals surface area contributed by atoms with Crippen LogP contribution >= 0.6 is 0 Å². The minimum absolute atomic E-state index is 0.0473. The van der Waals surface area contributed by atoms with Crippen molar-refractivity contribution >= 4 is 22.4 Å². The number of amides is 1. The molecule has 0 aliphatic heterocycles. The van der Waals surface area contributed by atoms with Gasteiger partial charge in [-0.2, -0.15) is 0 Å². The second kappa shape index (κ2) is 5.74. The number of benzene rings is 1. The summed E-state index contributed by atoms with van der Waals surface area (Å²) in [6, 6.07) is 7.89. The molecule has 0 aliphatic rings. The zero-order valence-electron chi connectivity index (χ0n) is 11.6. The number of likely N-dealkylation sites (N-methyl/N-ethyl adjacent to an activating group) is 1. The monoisotopic (exact) mass is 257 g/mol. The third-order valence-corrected chi connectivity index (χ3v) is 3.32. The van der Waals surface area contributed by atoms with Gasteiger partial charge in [0.15, 0.2) is 0 Å². The Morgan fingerprint density at radius 2 is 2.00 bits per heavy atom. The molecule has 3 nitrogen and oxygen atoms in total. The molecule has 1 heterocycles. The molecule has 0 radical (unpaired) electrons. The van der Waals surface area contributed by atoms with Crippen molar-refractivity contribution in [3.05, 3.63) is 42.2 Å². The quantitative estimate of drug-likeness (QED) is 0.782. The van der Waals surface area contributed by atoms with E-state index in [1.54, 1.807) is 17.2 Å². The second-order valence-electron chi connectivity index (χ2n) is 4.48. The largest absolute Gasteiger partial charge is 0.464 e. The number of allylic oxidation sites excluding steroid dienone is 1. The lowest BCUT2D eigenvalue weighted by molar-refractivity contribution is -0.125. The first-order chi connectivity index (χ1) is 9.17. The number of rotatable bonds is 4. The van der Waals surface area contributed by atoms with Gasteiger partial charge in [-0.25, -0.2) is 0 Å². The molecule has 1 aromatic carbocycles. The van der Waals surface area contributed by atoms with Crippen molar-refractivity contribution in [2.45, 2.75) is 20.8 Å². The zero-order valence-corrected chi connectivity index (χ0v) is 11.6. The van der Waals surface area contributed by atoms with Crippen LogP contribution in [-0.2, 0) is 4.79 Å². The van der Waals surface area contributed by atoms with Crippen LogP contribution in [-0.4, -0.2) is 23.9 Å². The number of carbonyl (C=O) groups excluding carboxylic acids is 1. The number of hydrogen-bond acceptors (Lipinski definition) is 2. The van der Waals surface area contributed by atoms with Crippen LogP contribution in [0.4, 0.5) is 0 Å². The van der Waals surface area contributed by atoms with E-state index in [0.717, 1.165) is 35.2 Å². The third kappa shape index (κ3) is 2.70. The summed E-state index contributed by atoms with van der Waals surface area (Å²) in [4.78, 5) is 13.9. The second-order valence-corrected chi connectivity index (χ2v) is 4.48. The number of hydrogen-bond donors (Lipinski definition) is 0. The van der Waals surface area contributed by atoms with Gasteiger partial charge >= 0.3 is 0 Å². The van der Waals surface area contributed by atoms with Gasteiger partial charge in [-0.3, -0.25) is 4.79 Å². The Bertz CT molecular complexity index is 606. The average Bonchev–Trinajstić information content (AvgIpc) is 2.87. The molecule has 0 saturated heterocycles. The molecule has 2 rings (SSSR count). The van der Waals surface area contributed by atoms with E-state index in [9.17, 15) is 4.79 Å². The van der Waals surface area contributed by atoms with Gasteiger partial charge in [0.25, 0.3) is 0 Å². The summed E-state index contributed by atoms with van der Waals surface area (Å²) in [5, 5.41) is 1.06. The lowest BCUT2D eigenvalue weighted by atomic mass is 10.0. The Hall–Kier alpha value is -2.03. The molecule has 0 fully saturated rings. The van der Waals surface area contributed by atoms with E-state index in [0.29, 0.717) is 0 Å². The van der Waals surface area contributed by atoms with E-state index in [2.05, 4.69) is 0 Å². The molecule has 1 aromatic heterocycles. The van der Waals surface area contributed by atoms with E-state index < -0.39 is 0 Å². The summed E-state index contributed by atoms with van der Waals surface area (Å²) in [5.41, 5.74) is 2.74. The fraction of sp³-hybridized carbons (Fsp3) is 0.312. The van der Waals surface area contributed by atoms with Crippen LogP contribution in [0.1, 0.15) is 26.3 Å². The van der Waals surface area contributed by atoms with Gasteiger partial charge in [-0.1, -0.05) is 18.2 Å². The van der Waals surface area contributed by atoms with E-state index >= 15 is 0 Å². The van der Waals surface area contributed by atoms with Gasteiger partial charge in [-0.05, 0) is 32.4 Å². The van der Waals surface area contributed by atoms with Gasteiger partial charge < -0.3 is 9.32 Å². The number of para-hydroxylation sites is 1. The van der Waals surface area contributed by atoms with Crippen LogP contribution in [0.25, 0.3) is 16.5 Å². The Balaban J connectivity index is 2.36. The fourth-order valence-corrected chi connectivity index (χ4v) is 2.19. The van der Waals surface area contributed by atoms with E-state index in [-0.39, 0.29) is 5.91 Å². The topological polar surface area (TPSA) is 33.5 Å². The smallest absolute Gasteiger partial charge is 0.246 e. The molecule has 0 atom stereocenters. The normalized spacial score (nSPS) is 11.8. The fourth-order valence-electron chi connectivity index (χ4n) is 2.19. The first-order valence-electron chi connectivity index (χ1n) is 6.61. The Morgan fingerprint density at radius 1 is 1.26 bits per heavy atom. The van der Waals surface area contributed by atoms with Crippen molar-refractivity contribution in [2.75, 3.05) is 13.1 Å². The van der Waals surface area contributed by atoms with Crippen LogP contribution in [0.3, 0.4) is 0 Å². The molecular formula is C16H19NO2. The number of nitrogens with zero attached hydrogens (tertiary/aromatic N) is 1. The molecule has 0 aliphatic carbocycles. The Labute approximate surface area is 113 Å². The first-order valence-corrected chi connectivity index (χ1v) is 6.61. The summed E-state index contributed by atoms with van der Waals surface area (Å²) in [7, 11) is 0. The van der Waals surface area contributed by atoms with Crippen molar-refractivity contribution in [3.8, 4) is 0 Å². The lowest BCUT2D eigenvalue weighted by Gasteiger charge is -2.16. The summed E-state index contributed by atoms with van der Waals surface area (Å²) in [6.45, 7) is 7.36. The maximum atomic E-state index is 12.1. The molecule has 19 heavy (non-hydrogen) atoms. The highest BCUT2D eigenvalue weighted by molar-refractivity contribution is 5.98. The van der Waals surface area contributed by atoms with Gasteiger partial charge in [0, 0.05) is 30.1 Å². The van der Waals surface area contributed by atoms with E-state index in [1.807, 2.05) is 45.0 Å². The molecule has 2 aromatic rings. The minimum atomic E-state index is 0.0473. The molecular weight excluding hydrogens is 238 g/mol. The van der Waals surface area contributed by atoms with Crippen LogP contribution in [0.15, 0.2) is 41.0 Å². The predicted octanol–water partition coefficient (Wildman–Crippen LogP) is 3.70. The molecule has 0 unspecified atom stereocenters. The predicted molar refractivity (Wildman–Crippen MR) is 77.8 cm³/mol. The molecule has 0 N–H and O–H groups in total. The first kappa shape index (κ1) is 13.4. The Kier molecular flexibility index (Phi) is 4.05. The highest BCUT2D eigenvalue weighted by atomic mass is 16.3. The van der Waals surface area contributed by atoms with Crippen molar-refractivity contribution in [3.63, 3.8) is 0 Å². The number of furan rings is 1. The van der Waals surface area contributed by atoms with Gasteiger partial charge in [0.2, 0.25) is 5.91 Å². The summed E-state index contributed by atoms with van der Waals surface area (Å²) in [6.07, 6.45) is 3.36. The van der Waals surface area contributed by atoms with Crippen molar-refractivity contribution < 1.29 is 9.21 Å². The standard InChI is InChI=1S/C16H19NO2/c1-4-17(5-2)15(18)11-12(3)14-8-6-7-13-9-10-19-16(13)14/h6-11H,4-5H2,1-3H3/b12-11+. The maximum absolute atomic E-state index is 12.1. The maximum Gasteiger partial charge on any atom is 0.246 e. The Morgan fingerprint density at radius 3 is 2.68 bits per heavy atom. The van der Waals surface area contributed by atoms with Gasteiger partial charge in [-0.15, -0.1) is 0 Å². The van der Waals surface area contributed by atoms with Crippen LogP contribution in [0, 0.1) is 0 Å². The zero-order chi connectivity index (χ0) is 13.8. The number of carbonyl (C=O) groups is 1. The van der Waals surface area contributed by atoms with Crippen molar-refractivity contribution in [1.29, 1.82) is 0 Å². The lowest BCUT2D eigenvalue weighted by Crippen LogP contribution is -2.28. The molecule has 0 spiro atoms. The van der Waals surface area contributed by atoms with Crippen LogP contribution in [0.2, 0.25) is 0 Å². The molecule has 1 amide bonds. The molecule has 100 valence electrons. The molecule has 3 heteroatoms. The van der Waals surface area contributed by atoms with Gasteiger partial charge in [0.05, 0.1) is 6.26 Å². The average molecular weight is 257 g/mol. The van der Waals surface area contributed by atoms with Crippen molar-refractivity contribution in [1.82, 2.24) is 4.90 Å². The van der Waals surface area contributed by atoms with Crippen molar-refractivity contribution in [2.24, 2.45) is 0 Å². The SMILES string of the molecule is CCN(CC)C(=O)/C=C(\C)c1cccc2ccoc12. The summed E-state index contributed by atoms with van der Waals surface area (Å²) < 4.78 is 5.50. The summed E-state index contributed by atoms with van der Waals surface area (Å²) in [5.74, 6) is 0.0473. The summed E-state index contributed by atoms with van der Waals surface area (Å²) >= 11 is 0. The van der Waals surface area contributed by atoms with Gasteiger partial charge in [0.1, 0.15) is 5.58 Å². The van der Waals surface area contributed by atoms with Crippen LogP contribution in [0.5, 0.6) is 0 Å². The number of fused-ring (bicyclic) bond motifs is 1. The van der Waals surface area contributed by atoms with Crippen LogP contribution < -0.4 is 0 Å². The highest BCUT2D eigenvalue weighted by Crippen LogP contribution is 2.25. The minimum Gasteiger partial charge on any atom is -0.464 e. The molecule has 0 bridgehead atoms. The van der Waals surface area contributed by atoms with E-state index in [4.69, 9.17) is 4.42 Å². The van der Waals surface area contributed by atoms with E-state index in [1.165, 1.54) is 0 Å².